The minimum absolute atomic E-state index is 0.951. The molecule has 40 heavy (non-hydrogen) atoms. The molecule has 0 unspecified atom stereocenters. The lowest BCUT2D eigenvalue weighted by Crippen LogP contribution is -1.89. The summed E-state index contributed by atoms with van der Waals surface area (Å²) in [5, 5.41) is 5.81. The van der Waals surface area contributed by atoms with Gasteiger partial charge in [0.2, 0.25) is 0 Å². The molecule has 0 saturated heterocycles. The highest BCUT2D eigenvalue weighted by Crippen LogP contribution is 2.31. The van der Waals surface area contributed by atoms with Gasteiger partial charge in [0.1, 0.15) is 0 Å². The van der Waals surface area contributed by atoms with Crippen molar-refractivity contribution < 1.29 is 0 Å². The maximum absolute atomic E-state index is 5.07. The molecule has 0 saturated carbocycles. The molecular formula is C37H23N3. The van der Waals surface area contributed by atoms with E-state index in [1.54, 1.807) is 0 Å². The van der Waals surface area contributed by atoms with E-state index in [2.05, 4.69) is 120 Å². The van der Waals surface area contributed by atoms with Crippen LogP contribution in [0, 0.1) is 0 Å². The second kappa shape index (κ2) is 9.11. The van der Waals surface area contributed by atoms with Crippen molar-refractivity contribution in [2.75, 3.05) is 0 Å². The standard InChI is InChI=1S/C37H23N3/c1-2-6-26-21-29(13-10-24(26)5-1)34-18-16-30-22-27(15-17-33(30)39-34)28-12-11-25-14-19-36(40-37(25)23-28)32-7-3-9-35-31(32)8-4-20-38-35/h1-23H. The zero-order valence-corrected chi connectivity index (χ0v) is 21.6. The quantitative estimate of drug-likeness (QED) is 0.238. The molecule has 0 atom stereocenters. The summed E-state index contributed by atoms with van der Waals surface area (Å²) in [6, 6.07) is 46.7. The maximum atomic E-state index is 5.07. The average Bonchev–Trinajstić information content (AvgIpc) is 3.03. The predicted octanol–water partition coefficient (Wildman–Crippen LogP) is 9.49. The maximum Gasteiger partial charge on any atom is 0.0716 e. The number of fused-ring (bicyclic) bond motifs is 4. The van der Waals surface area contributed by atoms with Crippen molar-refractivity contribution in [1.82, 2.24) is 15.0 Å². The van der Waals surface area contributed by atoms with E-state index in [9.17, 15) is 0 Å². The lowest BCUT2D eigenvalue weighted by atomic mass is 10.00. The Labute approximate surface area is 231 Å². The van der Waals surface area contributed by atoms with Gasteiger partial charge in [0.05, 0.1) is 27.9 Å². The Balaban J connectivity index is 1.17. The lowest BCUT2D eigenvalue weighted by molar-refractivity contribution is 1.38. The van der Waals surface area contributed by atoms with Crippen molar-refractivity contribution in [2.24, 2.45) is 0 Å². The largest absolute Gasteiger partial charge is 0.256 e. The molecule has 0 bridgehead atoms. The molecule has 0 spiro atoms. The fraction of sp³-hybridized carbons (Fsp3) is 0. The fourth-order valence-corrected chi connectivity index (χ4v) is 5.59. The highest BCUT2D eigenvalue weighted by atomic mass is 14.7. The lowest BCUT2D eigenvalue weighted by Gasteiger charge is -2.09. The van der Waals surface area contributed by atoms with Crippen LogP contribution in [0.3, 0.4) is 0 Å². The Morgan fingerprint density at radius 3 is 2.08 bits per heavy atom. The van der Waals surface area contributed by atoms with Crippen LogP contribution in [0.15, 0.2) is 140 Å². The first-order valence-corrected chi connectivity index (χ1v) is 13.4. The van der Waals surface area contributed by atoms with Crippen molar-refractivity contribution >= 4 is 43.5 Å². The van der Waals surface area contributed by atoms with E-state index < -0.39 is 0 Å². The van der Waals surface area contributed by atoms with Gasteiger partial charge in [0.15, 0.2) is 0 Å². The third-order valence-corrected chi connectivity index (χ3v) is 7.68. The second-order valence-corrected chi connectivity index (χ2v) is 10.1. The van der Waals surface area contributed by atoms with Gasteiger partial charge in [0.25, 0.3) is 0 Å². The van der Waals surface area contributed by atoms with Gasteiger partial charge in [0, 0.05) is 33.5 Å². The van der Waals surface area contributed by atoms with E-state index in [-0.39, 0.29) is 0 Å². The summed E-state index contributed by atoms with van der Waals surface area (Å²) >= 11 is 0. The van der Waals surface area contributed by atoms with Crippen molar-refractivity contribution in [3.63, 3.8) is 0 Å². The number of hydrogen-bond donors (Lipinski definition) is 0. The van der Waals surface area contributed by atoms with Gasteiger partial charge < -0.3 is 0 Å². The number of rotatable bonds is 3. The summed E-state index contributed by atoms with van der Waals surface area (Å²) in [5.74, 6) is 0. The molecule has 3 heteroatoms. The van der Waals surface area contributed by atoms with Crippen LogP contribution in [-0.4, -0.2) is 15.0 Å². The molecule has 0 aliphatic carbocycles. The van der Waals surface area contributed by atoms with Gasteiger partial charge in [-0.1, -0.05) is 84.9 Å². The molecule has 5 aromatic carbocycles. The van der Waals surface area contributed by atoms with Gasteiger partial charge >= 0.3 is 0 Å². The summed E-state index contributed by atoms with van der Waals surface area (Å²) in [7, 11) is 0. The molecular weight excluding hydrogens is 486 g/mol. The highest BCUT2D eigenvalue weighted by molar-refractivity contribution is 5.96. The Morgan fingerprint density at radius 2 is 1.10 bits per heavy atom. The van der Waals surface area contributed by atoms with Crippen LogP contribution in [-0.2, 0) is 0 Å². The molecule has 186 valence electrons. The van der Waals surface area contributed by atoms with E-state index in [0.717, 1.165) is 66.4 Å². The van der Waals surface area contributed by atoms with Crippen LogP contribution in [0.25, 0.3) is 77.1 Å². The second-order valence-electron chi connectivity index (χ2n) is 10.1. The molecule has 3 nitrogen and oxygen atoms in total. The Kier molecular flexibility index (Phi) is 5.14. The van der Waals surface area contributed by atoms with Crippen LogP contribution in [0.4, 0.5) is 0 Å². The van der Waals surface area contributed by atoms with Crippen LogP contribution < -0.4 is 0 Å². The highest BCUT2D eigenvalue weighted by Gasteiger charge is 2.09. The van der Waals surface area contributed by atoms with Crippen LogP contribution in [0.2, 0.25) is 0 Å². The van der Waals surface area contributed by atoms with Gasteiger partial charge in [-0.2, -0.15) is 0 Å². The molecule has 3 heterocycles. The molecule has 3 aromatic heterocycles. The Hall–Kier alpha value is -5.41. The van der Waals surface area contributed by atoms with Crippen molar-refractivity contribution in [2.45, 2.75) is 0 Å². The number of benzene rings is 5. The van der Waals surface area contributed by atoms with Gasteiger partial charge in [-0.3, -0.25) is 4.98 Å². The number of pyridine rings is 3. The normalized spacial score (nSPS) is 11.5. The SMILES string of the molecule is c1ccc2cc(-c3ccc4cc(-c5ccc6ccc(-c7cccc8ncccc78)nc6c5)ccc4n3)ccc2c1. The van der Waals surface area contributed by atoms with Crippen LogP contribution in [0.1, 0.15) is 0 Å². The van der Waals surface area contributed by atoms with Crippen molar-refractivity contribution in [3.05, 3.63) is 140 Å². The van der Waals surface area contributed by atoms with E-state index in [4.69, 9.17) is 9.97 Å². The molecule has 8 aromatic rings. The molecule has 0 aliphatic heterocycles. The number of nitrogens with zero attached hydrogens (tertiary/aromatic N) is 3. The van der Waals surface area contributed by atoms with Gasteiger partial charge in [-0.15, -0.1) is 0 Å². The van der Waals surface area contributed by atoms with Crippen molar-refractivity contribution in [3.8, 4) is 33.6 Å². The molecule has 8 rings (SSSR count). The monoisotopic (exact) mass is 509 g/mol. The van der Waals surface area contributed by atoms with E-state index in [1.165, 1.54) is 10.8 Å². The zero-order chi connectivity index (χ0) is 26.5. The van der Waals surface area contributed by atoms with Gasteiger partial charge in [-0.05, 0) is 70.4 Å². The van der Waals surface area contributed by atoms with E-state index in [0.29, 0.717) is 0 Å². The predicted molar refractivity (Wildman–Crippen MR) is 166 cm³/mol. The third kappa shape index (κ3) is 3.88. The topological polar surface area (TPSA) is 38.7 Å². The summed E-state index contributed by atoms with van der Waals surface area (Å²) < 4.78 is 0. The number of hydrogen-bond acceptors (Lipinski definition) is 3. The Bertz CT molecular complexity index is 2230. The molecule has 0 N–H and O–H groups in total. The van der Waals surface area contributed by atoms with Crippen molar-refractivity contribution in [1.29, 1.82) is 0 Å². The van der Waals surface area contributed by atoms with Gasteiger partial charge in [-0.25, -0.2) is 9.97 Å². The first kappa shape index (κ1) is 22.6. The molecule has 0 aliphatic rings. The number of aromatic nitrogens is 3. The average molecular weight is 510 g/mol. The first-order valence-electron chi connectivity index (χ1n) is 13.4. The minimum atomic E-state index is 0.951. The molecule has 0 radical (unpaired) electrons. The summed E-state index contributed by atoms with van der Waals surface area (Å²) in [6.07, 6.45) is 1.83. The Morgan fingerprint density at radius 1 is 0.375 bits per heavy atom. The summed E-state index contributed by atoms with van der Waals surface area (Å²) in [5.41, 5.74) is 9.38. The molecule has 0 fully saturated rings. The summed E-state index contributed by atoms with van der Waals surface area (Å²) in [4.78, 5) is 14.6. The first-order chi connectivity index (χ1) is 19.8. The minimum Gasteiger partial charge on any atom is -0.256 e. The summed E-state index contributed by atoms with van der Waals surface area (Å²) in [6.45, 7) is 0. The third-order valence-electron chi connectivity index (χ3n) is 7.68. The fourth-order valence-electron chi connectivity index (χ4n) is 5.59. The smallest absolute Gasteiger partial charge is 0.0716 e. The van der Waals surface area contributed by atoms with E-state index >= 15 is 0 Å². The molecule has 0 amide bonds. The van der Waals surface area contributed by atoms with Crippen LogP contribution >= 0.6 is 0 Å². The van der Waals surface area contributed by atoms with Crippen LogP contribution in [0.5, 0.6) is 0 Å². The van der Waals surface area contributed by atoms with E-state index in [1.807, 2.05) is 24.4 Å². The zero-order valence-electron chi connectivity index (χ0n) is 21.6.